The van der Waals surface area contributed by atoms with Crippen LogP contribution in [-0.4, -0.2) is 66.8 Å². The smallest absolute Gasteiger partial charge is 0.233 e. The molecule has 2 aromatic rings. The van der Waals surface area contributed by atoms with E-state index in [1.54, 1.807) is 14.2 Å². The van der Waals surface area contributed by atoms with Gasteiger partial charge < -0.3 is 18.8 Å². The minimum atomic E-state index is 0.105. The molecule has 3 heterocycles. The van der Waals surface area contributed by atoms with E-state index in [4.69, 9.17) is 13.9 Å². The first kappa shape index (κ1) is 21.6. The summed E-state index contributed by atoms with van der Waals surface area (Å²) in [4.78, 5) is 17.1. The van der Waals surface area contributed by atoms with Gasteiger partial charge in [-0.25, -0.2) is 0 Å². The molecule has 0 aliphatic carbocycles. The van der Waals surface area contributed by atoms with Crippen molar-refractivity contribution >= 4 is 5.91 Å². The molecule has 8 nitrogen and oxygen atoms in total. The van der Waals surface area contributed by atoms with Crippen LogP contribution < -0.4 is 9.47 Å². The first-order valence-corrected chi connectivity index (χ1v) is 10.8. The lowest BCUT2D eigenvalue weighted by Crippen LogP contribution is -2.59. The predicted octanol–water partition coefficient (Wildman–Crippen LogP) is 2.73. The normalized spacial score (nSPS) is 20.3. The first-order chi connectivity index (χ1) is 14.8. The third-order valence-electron chi connectivity index (χ3n) is 6.27. The second-order valence-electron chi connectivity index (χ2n) is 9.41. The first-order valence-electron chi connectivity index (χ1n) is 10.8. The fourth-order valence-corrected chi connectivity index (χ4v) is 4.80. The number of ether oxygens (including phenoxy) is 2. The number of carbonyl (C=O) groups excluding carboxylic acids is 1. The average molecular weight is 429 g/mol. The SMILES string of the molecule is COc1cc(CC(=O)N2CC3(CC(c4nnc(CC(C)C)o4)N(C)C3)C2)cc(OC)c1. The van der Waals surface area contributed by atoms with Gasteiger partial charge in [-0.1, -0.05) is 13.8 Å². The van der Waals surface area contributed by atoms with E-state index in [0.717, 1.165) is 38.0 Å². The molecule has 4 rings (SSSR count). The Bertz CT molecular complexity index is 913. The summed E-state index contributed by atoms with van der Waals surface area (Å²) >= 11 is 0. The van der Waals surface area contributed by atoms with Crippen molar-refractivity contribution in [3.63, 3.8) is 0 Å². The Labute approximate surface area is 183 Å². The van der Waals surface area contributed by atoms with Gasteiger partial charge in [0.15, 0.2) is 0 Å². The van der Waals surface area contributed by atoms with Gasteiger partial charge in [-0.05, 0) is 37.1 Å². The number of benzene rings is 1. The molecular formula is C23H32N4O4. The van der Waals surface area contributed by atoms with Crippen LogP contribution in [0.2, 0.25) is 0 Å². The Balaban J connectivity index is 1.36. The van der Waals surface area contributed by atoms with Crippen molar-refractivity contribution in [1.29, 1.82) is 0 Å². The Morgan fingerprint density at radius 2 is 1.84 bits per heavy atom. The Morgan fingerprint density at radius 1 is 1.16 bits per heavy atom. The zero-order valence-electron chi connectivity index (χ0n) is 19.1. The zero-order chi connectivity index (χ0) is 22.2. The molecule has 2 saturated heterocycles. The number of likely N-dealkylation sites (tertiary alicyclic amines) is 2. The third kappa shape index (κ3) is 4.54. The molecule has 2 aliphatic rings. The van der Waals surface area contributed by atoms with Gasteiger partial charge in [0.25, 0.3) is 0 Å². The van der Waals surface area contributed by atoms with Gasteiger partial charge in [0, 0.05) is 37.5 Å². The lowest BCUT2D eigenvalue weighted by Gasteiger charge is -2.48. The Hall–Kier alpha value is -2.61. The number of rotatable bonds is 7. The van der Waals surface area contributed by atoms with Crippen LogP contribution in [0.3, 0.4) is 0 Å². The summed E-state index contributed by atoms with van der Waals surface area (Å²) in [7, 11) is 5.32. The fraction of sp³-hybridized carbons (Fsp3) is 0.609. The number of nitrogens with zero attached hydrogens (tertiary/aromatic N) is 4. The number of hydrogen-bond acceptors (Lipinski definition) is 7. The highest BCUT2D eigenvalue weighted by Gasteiger charge is 2.53. The molecule has 1 aromatic heterocycles. The van der Waals surface area contributed by atoms with Crippen LogP contribution >= 0.6 is 0 Å². The van der Waals surface area contributed by atoms with Crippen LogP contribution in [0, 0.1) is 11.3 Å². The van der Waals surface area contributed by atoms with Gasteiger partial charge in [-0.15, -0.1) is 10.2 Å². The molecule has 2 aliphatic heterocycles. The van der Waals surface area contributed by atoms with E-state index in [0.29, 0.717) is 35.6 Å². The van der Waals surface area contributed by atoms with Gasteiger partial charge in [0.1, 0.15) is 11.5 Å². The molecule has 2 fully saturated rings. The lowest BCUT2D eigenvalue weighted by atomic mass is 9.77. The van der Waals surface area contributed by atoms with Gasteiger partial charge in [0.2, 0.25) is 17.7 Å². The second kappa shape index (κ2) is 8.49. The number of amides is 1. The van der Waals surface area contributed by atoms with Crippen LogP contribution in [0.1, 0.15) is 43.7 Å². The molecule has 0 saturated carbocycles. The van der Waals surface area contributed by atoms with E-state index < -0.39 is 0 Å². The zero-order valence-corrected chi connectivity index (χ0v) is 19.1. The van der Waals surface area contributed by atoms with Gasteiger partial charge >= 0.3 is 0 Å². The van der Waals surface area contributed by atoms with E-state index in [1.165, 1.54) is 0 Å². The van der Waals surface area contributed by atoms with Gasteiger partial charge in [0.05, 0.1) is 26.7 Å². The molecule has 8 heteroatoms. The van der Waals surface area contributed by atoms with Crippen LogP contribution in [0.5, 0.6) is 11.5 Å². The summed E-state index contributed by atoms with van der Waals surface area (Å²) in [6, 6.07) is 5.71. The van der Waals surface area contributed by atoms with Crippen molar-refractivity contribution in [2.75, 3.05) is 40.9 Å². The van der Waals surface area contributed by atoms with E-state index in [-0.39, 0.29) is 17.4 Å². The fourth-order valence-electron chi connectivity index (χ4n) is 4.80. The summed E-state index contributed by atoms with van der Waals surface area (Å²) in [6.45, 7) is 6.74. The lowest BCUT2D eigenvalue weighted by molar-refractivity contribution is -0.141. The molecule has 1 amide bonds. The van der Waals surface area contributed by atoms with Gasteiger partial charge in [-0.2, -0.15) is 0 Å². The topological polar surface area (TPSA) is 80.9 Å². The molecule has 0 N–H and O–H groups in total. The average Bonchev–Trinajstić information content (AvgIpc) is 3.29. The third-order valence-corrected chi connectivity index (χ3v) is 6.27. The summed E-state index contributed by atoms with van der Waals surface area (Å²) in [5, 5.41) is 8.52. The van der Waals surface area contributed by atoms with E-state index in [1.807, 2.05) is 23.1 Å². The van der Waals surface area contributed by atoms with Crippen molar-refractivity contribution in [2.24, 2.45) is 11.3 Å². The maximum absolute atomic E-state index is 12.9. The highest BCUT2D eigenvalue weighted by atomic mass is 16.5. The van der Waals surface area contributed by atoms with Crippen LogP contribution in [-0.2, 0) is 17.6 Å². The molecular weight excluding hydrogens is 396 g/mol. The maximum Gasteiger partial charge on any atom is 0.233 e. The minimum Gasteiger partial charge on any atom is -0.497 e. The molecule has 1 spiro atoms. The summed E-state index contributed by atoms with van der Waals surface area (Å²) in [5.74, 6) is 3.40. The van der Waals surface area contributed by atoms with Crippen molar-refractivity contribution in [3.8, 4) is 11.5 Å². The quantitative estimate of drug-likeness (QED) is 0.671. The van der Waals surface area contributed by atoms with Gasteiger partial charge in [-0.3, -0.25) is 9.69 Å². The highest BCUT2D eigenvalue weighted by Crippen LogP contribution is 2.47. The highest BCUT2D eigenvalue weighted by molar-refractivity contribution is 5.80. The number of methoxy groups -OCH3 is 2. The minimum absolute atomic E-state index is 0.105. The molecule has 0 radical (unpaired) electrons. The number of hydrogen-bond donors (Lipinski definition) is 0. The summed E-state index contributed by atoms with van der Waals surface area (Å²) in [5.41, 5.74) is 1.00. The molecule has 1 atom stereocenters. The Morgan fingerprint density at radius 3 is 2.45 bits per heavy atom. The van der Waals surface area contributed by atoms with Crippen LogP contribution in [0.4, 0.5) is 0 Å². The second-order valence-corrected chi connectivity index (χ2v) is 9.41. The molecule has 168 valence electrons. The predicted molar refractivity (Wildman–Crippen MR) is 115 cm³/mol. The molecule has 1 unspecified atom stereocenters. The Kier molecular flexibility index (Phi) is 5.92. The summed E-state index contributed by atoms with van der Waals surface area (Å²) < 4.78 is 16.6. The van der Waals surface area contributed by atoms with Crippen molar-refractivity contribution in [2.45, 2.75) is 39.2 Å². The van der Waals surface area contributed by atoms with E-state index >= 15 is 0 Å². The van der Waals surface area contributed by atoms with E-state index in [9.17, 15) is 4.79 Å². The molecule has 1 aromatic carbocycles. The maximum atomic E-state index is 12.9. The number of carbonyl (C=O) groups is 1. The van der Waals surface area contributed by atoms with Crippen LogP contribution in [0.25, 0.3) is 0 Å². The number of aromatic nitrogens is 2. The monoisotopic (exact) mass is 428 g/mol. The largest absolute Gasteiger partial charge is 0.497 e. The molecule has 31 heavy (non-hydrogen) atoms. The van der Waals surface area contributed by atoms with Crippen molar-refractivity contribution in [3.05, 3.63) is 35.5 Å². The standard InChI is InChI=1S/C23H32N4O4/c1-15(2)6-20-24-25-22(31-20)19-11-23(12-26(19)3)13-27(14-23)21(28)9-16-7-17(29-4)10-18(8-16)30-5/h7-8,10,15,19H,6,9,11-14H2,1-5H3. The van der Waals surface area contributed by atoms with Crippen LogP contribution in [0.15, 0.2) is 22.6 Å². The van der Waals surface area contributed by atoms with E-state index in [2.05, 4.69) is 36.0 Å². The summed E-state index contributed by atoms with van der Waals surface area (Å²) in [6.07, 6.45) is 2.07. The molecule has 0 bridgehead atoms. The van der Waals surface area contributed by atoms with Crippen molar-refractivity contribution < 1.29 is 18.7 Å². The van der Waals surface area contributed by atoms with Crippen molar-refractivity contribution in [1.82, 2.24) is 20.0 Å².